The van der Waals surface area contributed by atoms with Crippen molar-refractivity contribution in [3.8, 4) is 0 Å². The minimum atomic E-state index is -1.02. The molecule has 0 saturated heterocycles. The predicted molar refractivity (Wildman–Crippen MR) is 101 cm³/mol. The zero-order chi connectivity index (χ0) is 15.7. The standard InChI is InChI=1S/C19H26NPSe/c20-14-7-15-21(22,16-12-18-8-3-1-4-9-18)17-13-19-10-5-2-6-11-19/h1-6,8-11H,7,12-17,20H2. The van der Waals surface area contributed by atoms with Gasteiger partial charge in [0, 0.05) is 0 Å². The summed E-state index contributed by atoms with van der Waals surface area (Å²) < 4.78 is 0. The topological polar surface area (TPSA) is 26.0 Å². The van der Waals surface area contributed by atoms with Crippen LogP contribution in [0.25, 0.3) is 0 Å². The zero-order valence-corrected chi connectivity index (χ0v) is 15.8. The van der Waals surface area contributed by atoms with Crippen molar-refractivity contribution < 1.29 is 0 Å². The molecular weight excluding hydrogens is 352 g/mol. The molecule has 0 unspecified atom stereocenters. The molecule has 22 heavy (non-hydrogen) atoms. The molecule has 2 rings (SSSR count). The van der Waals surface area contributed by atoms with Gasteiger partial charge in [0.15, 0.2) is 0 Å². The van der Waals surface area contributed by atoms with Gasteiger partial charge in [0.1, 0.15) is 0 Å². The molecule has 0 spiro atoms. The predicted octanol–water partition coefficient (Wildman–Crippen LogP) is 3.92. The van der Waals surface area contributed by atoms with E-state index < -0.39 is 5.51 Å². The monoisotopic (exact) mass is 379 g/mol. The summed E-state index contributed by atoms with van der Waals surface area (Å²) in [6, 6.07) is 21.7. The van der Waals surface area contributed by atoms with E-state index in [1.54, 1.807) is 0 Å². The maximum atomic E-state index is 5.75. The number of nitrogens with two attached hydrogens (primary N) is 1. The van der Waals surface area contributed by atoms with Crippen LogP contribution in [-0.2, 0) is 12.8 Å². The molecule has 118 valence electrons. The van der Waals surface area contributed by atoms with Crippen molar-refractivity contribution in [1.82, 2.24) is 0 Å². The summed E-state index contributed by atoms with van der Waals surface area (Å²) in [5.74, 6) is 0. The Labute approximate surface area is 142 Å². The van der Waals surface area contributed by atoms with Gasteiger partial charge in [0.05, 0.1) is 0 Å². The number of rotatable bonds is 9. The summed E-state index contributed by atoms with van der Waals surface area (Å²) in [7, 11) is 0. The van der Waals surface area contributed by atoms with E-state index >= 15 is 0 Å². The van der Waals surface area contributed by atoms with E-state index in [4.69, 9.17) is 5.73 Å². The van der Waals surface area contributed by atoms with Crippen LogP contribution in [0.1, 0.15) is 17.5 Å². The number of hydrogen-bond donors (Lipinski definition) is 1. The molecule has 0 aliphatic carbocycles. The number of hydrogen-bond acceptors (Lipinski definition) is 1. The fourth-order valence-corrected chi connectivity index (χ4v) is 7.39. The first kappa shape index (κ1) is 17.7. The SMILES string of the molecule is NCCCP(=[Se])(CCc1ccccc1)CCc1ccccc1. The Bertz CT molecular complexity index is 535. The van der Waals surface area contributed by atoms with E-state index in [9.17, 15) is 0 Å². The quantitative estimate of drug-likeness (QED) is 0.520. The number of aryl methyl sites for hydroxylation is 2. The fourth-order valence-electron chi connectivity index (χ4n) is 2.67. The van der Waals surface area contributed by atoms with Crippen molar-refractivity contribution in [2.45, 2.75) is 19.3 Å². The van der Waals surface area contributed by atoms with Crippen LogP contribution in [0.2, 0.25) is 0 Å². The molecule has 2 aromatic carbocycles. The molecule has 2 aromatic rings. The second-order valence-corrected chi connectivity index (χ2v) is 14.2. The van der Waals surface area contributed by atoms with Crippen molar-refractivity contribution in [1.29, 1.82) is 0 Å². The van der Waals surface area contributed by atoms with E-state index in [0.717, 1.165) is 13.0 Å². The maximum absolute atomic E-state index is 5.75. The fraction of sp³-hybridized carbons (Fsp3) is 0.368. The van der Waals surface area contributed by atoms with Crippen LogP contribution in [-0.4, -0.2) is 40.1 Å². The van der Waals surface area contributed by atoms with Crippen molar-refractivity contribution in [2.75, 3.05) is 25.0 Å². The molecule has 3 heteroatoms. The summed E-state index contributed by atoms with van der Waals surface area (Å²) in [5, 5.41) is 0. The van der Waals surface area contributed by atoms with E-state index in [-0.39, 0.29) is 0 Å². The van der Waals surface area contributed by atoms with Crippen LogP contribution in [0.15, 0.2) is 60.7 Å². The molecule has 1 nitrogen and oxygen atoms in total. The van der Waals surface area contributed by atoms with Crippen molar-refractivity contribution in [3.63, 3.8) is 0 Å². The summed E-state index contributed by atoms with van der Waals surface area (Å²) in [6.45, 7) is 0.806. The summed E-state index contributed by atoms with van der Waals surface area (Å²) >= 11 is 3.62. The van der Waals surface area contributed by atoms with Gasteiger partial charge in [-0.3, -0.25) is 0 Å². The molecule has 0 saturated carbocycles. The Hall–Kier alpha value is -0.651. The average Bonchev–Trinajstić information content (AvgIpc) is 2.59. The molecule has 0 atom stereocenters. The third kappa shape index (κ3) is 6.23. The molecule has 0 amide bonds. The normalized spacial score (nSPS) is 11.5. The van der Waals surface area contributed by atoms with E-state index in [2.05, 4.69) is 75.8 Å². The second-order valence-electron chi connectivity index (χ2n) is 5.84. The second kappa shape index (κ2) is 9.48. The Morgan fingerprint density at radius 2 is 1.18 bits per heavy atom. The molecule has 0 aliphatic rings. The molecule has 0 radical (unpaired) electrons. The van der Waals surface area contributed by atoms with Gasteiger partial charge in [-0.05, 0) is 0 Å². The van der Waals surface area contributed by atoms with E-state index in [0.29, 0.717) is 0 Å². The van der Waals surface area contributed by atoms with E-state index in [1.807, 2.05) is 0 Å². The van der Waals surface area contributed by atoms with Crippen LogP contribution in [0, 0.1) is 0 Å². The summed E-state index contributed by atoms with van der Waals surface area (Å²) in [5.41, 5.74) is 7.64. The van der Waals surface area contributed by atoms with Gasteiger partial charge in [-0.15, -0.1) is 0 Å². The van der Waals surface area contributed by atoms with Crippen molar-refractivity contribution >= 4 is 20.6 Å². The molecule has 0 aromatic heterocycles. The Balaban J connectivity index is 1.95. The molecule has 0 aliphatic heterocycles. The summed E-state index contributed by atoms with van der Waals surface area (Å²) in [4.78, 5) is 0. The molecule has 0 fully saturated rings. The van der Waals surface area contributed by atoms with Gasteiger partial charge >= 0.3 is 142 Å². The van der Waals surface area contributed by atoms with Gasteiger partial charge in [-0.1, -0.05) is 0 Å². The van der Waals surface area contributed by atoms with Crippen LogP contribution in [0.3, 0.4) is 0 Å². The Kier molecular flexibility index (Phi) is 7.63. The molecule has 2 N–H and O–H groups in total. The van der Waals surface area contributed by atoms with Gasteiger partial charge in [-0.2, -0.15) is 0 Å². The van der Waals surface area contributed by atoms with Crippen LogP contribution in [0.5, 0.6) is 0 Å². The van der Waals surface area contributed by atoms with Gasteiger partial charge < -0.3 is 0 Å². The first-order valence-electron chi connectivity index (χ1n) is 8.07. The van der Waals surface area contributed by atoms with Crippen LogP contribution >= 0.6 is 5.51 Å². The first-order valence-corrected chi connectivity index (χ1v) is 12.6. The third-order valence-electron chi connectivity index (χ3n) is 4.07. The van der Waals surface area contributed by atoms with Crippen molar-refractivity contribution in [3.05, 3.63) is 71.8 Å². The van der Waals surface area contributed by atoms with Crippen LogP contribution < -0.4 is 5.73 Å². The number of benzene rings is 2. The van der Waals surface area contributed by atoms with Crippen molar-refractivity contribution in [2.24, 2.45) is 5.73 Å². The Morgan fingerprint density at radius 3 is 1.59 bits per heavy atom. The molecule has 0 heterocycles. The Morgan fingerprint density at radius 1 is 0.727 bits per heavy atom. The third-order valence-corrected chi connectivity index (χ3v) is 10.7. The van der Waals surface area contributed by atoms with E-state index in [1.165, 1.54) is 42.5 Å². The molecule has 0 bridgehead atoms. The average molecular weight is 378 g/mol. The van der Waals surface area contributed by atoms with Crippen LogP contribution in [0.4, 0.5) is 0 Å². The molecular formula is C19H26NPSe. The minimum absolute atomic E-state index is 0.806. The van der Waals surface area contributed by atoms with Gasteiger partial charge in [0.25, 0.3) is 0 Å². The van der Waals surface area contributed by atoms with Gasteiger partial charge in [0.2, 0.25) is 0 Å². The zero-order valence-electron chi connectivity index (χ0n) is 13.2. The van der Waals surface area contributed by atoms with Gasteiger partial charge in [-0.25, -0.2) is 0 Å². The summed E-state index contributed by atoms with van der Waals surface area (Å²) in [6.07, 6.45) is 7.38. The first-order chi connectivity index (χ1) is 10.7.